The van der Waals surface area contributed by atoms with E-state index in [0.29, 0.717) is 18.1 Å². The summed E-state index contributed by atoms with van der Waals surface area (Å²) >= 11 is 0. The highest BCUT2D eigenvalue weighted by Crippen LogP contribution is 2.17. The van der Waals surface area contributed by atoms with E-state index in [1.807, 2.05) is 0 Å². The van der Waals surface area contributed by atoms with Crippen LogP contribution in [-0.4, -0.2) is 46.0 Å². The van der Waals surface area contributed by atoms with E-state index in [1.165, 1.54) is 12.8 Å². The van der Waals surface area contributed by atoms with E-state index in [0.717, 1.165) is 31.3 Å². The number of sulfone groups is 1. The fourth-order valence-corrected chi connectivity index (χ4v) is 4.24. The van der Waals surface area contributed by atoms with Gasteiger partial charge in [0.1, 0.15) is 0 Å². The molecular formula is C14H30IN3O2S. The van der Waals surface area contributed by atoms with Crippen LogP contribution in [0.5, 0.6) is 0 Å². The minimum atomic E-state index is -2.78. The number of rotatable bonds is 7. The van der Waals surface area contributed by atoms with Crippen LogP contribution in [-0.2, 0) is 9.84 Å². The number of nitrogens with one attached hydrogen (secondary N) is 2. The van der Waals surface area contributed by atoms with Crippen LogP contribution in [0.15, 0.2) is 4.99 Å². The number of hydrogen-bond donors (Lipinski definition) is 2. The molecule has 0 radical (unpaired) electrons. The molecule has 7 heteroatoms. The monoisotopic (exact) mass is 431 g/mol. The lowest BCUT2D eigenvalue weighted by atomic mass is 10.1. The summed E-state index contributed by atoms with van der Waals surface area (Å²) in [6, 6.07) is 0. The van der Waals surface area contributed by atoms with Gasteiger partial charge >= 0.3 is 0 Å². The predicted octanol–water partition coefficient (Wildman–Crippen LogP) is 2.03. The third-order valence-corrected chi connectivity index (χ3v) is 5.45. The van der Waals surface area contributed by atoms with E-state index in [1.54, 1.807) is 7.05 Å². The Morgan fingerprint density at radius 1 is 1.29 bits per heavy atom. The van der Waals surface area contributed by atoms with Gasteiger partial charge in [-0.15, -0.1) is 24.0 Å². The third-order valence-electron chi connectivity index (χ3n) is 3.61. The minimum absolute atomic E-state index is 0. The molecule has 0 aromatic carbocycles. The number of nitrogens with zero attached hydrogens (tertiary/aromatic N) is 1. The normalized spacial score (nSPS) is 21.1. The Hall–Kier alpha value is -0.0500. The molecule has 1 unspecified atom stereocenters. The summed E-state index contributed by atoms with van der Waals surface area (Å²) in [6.45, 7) is 6.08. The number of hydrogen-bond acceptors (Lipinski definition) is 3. The van der Waals surface area contributed by atoms with Crippen LogP contribution < -0.4 is 10.6 Å². The number of aliphatic imine (C=N–C) groups is 1. The molecule has 1 rings (SSSR count). The van der Waals surface area contributed by atoms with E-state index in [2.05, 4.69) is 29.5 Å². The summed E-state index contributed by atoms with van der Waals surface area (Å²) in [4.78, 5) is 4.16. The van der Waals surface area contributed by atoms with Gasteiger partial charge in [-0.25, -0.2) is 8.42 Å². The van der Waals surface area contributed by atoms with Gasteiger partial charge in [-0.3, -0.25) is 4.99 Å². The van der Waals surface area contributed by atoms with Crippen LogP contribution in [0.1, 0.15) is 39.5 Å². The molecule has 0 saturated carbocycles. The second kappa shape index (κ2) is 10.6. The predicted molar refractivity (Wildman–Crippen MR) is 100 cm³/mol. The molecule has 21 heavy (non-hydrogen) atoms. The maximum absolute atomic E-state index is 11.4. The smallest absolute Gasteiger partial charge is 0.190 e. The quantitative estimate of drug-likeness (QED) is 0.280. The summed E-state index contributed by atoms with van der Waals surface area (Å²) in [6.07, 6.45) is 4.38. The molecule has 1 saturated heterocycles. The molecule has 1 aliphatic heterocycles. The van der Waals surface area contributed by atoms with Crippen molar-refractivity contribution in [3.05, 3.63) is 0 Å². The summed E-state index contributed by atoms with van der Waals surface area (Å²) in [7, 11) is -1.04. The Morgan fingerprint density at radius 2 is 2.00 bits per heavy atom. The second-order valence-corrected chi connectivity index (χ2v) is 8.27. The van der Waals surface area contributed by atoms with Crippen LogP contribution in [0.4, 0.5) is 0 Å². The molecule has 0 aromatic heterocycles. The zero-order valence-corrected chi connectivity index (χ0v) is 16.5. The van der Waals surface area contributed by atoms with Crippen molar-refractivity contribution >= 4 is 39.8 Å². The van der Waals surface area contributed by atoms with E-state index in [-0.39, 0.29) is 29.9 Å². The van der Waals surface area contributed by atoms with Crippen LogP contribution >= 0.6 is 24.0 Å². The minimum Gasteiger partial charge on any atom is -0.356 e. The van der Waals surface area contributed by atoms with Gasteiger partial charge in [0.15, 0.2) is 15.8 Å². The van der Waals surface area contributed by atoms with Crippen molar-refractivity contribution in [3.8, 4) is 0 Å². The lowest BCUT2D eigenvalue weighted by Gasteiger charge is -2.14. The lowest BCUT2D eigenvalue weighted by Crippen LogP contribution is -2.40. The summed E-state index contributed by atoms with van der Waals surface area (Å²) in [5.41, 5.74) is 0. The van der Waals surface area contributed by atoms with Crippen molar-refractivity contribution in [2.24, 2.45) is 16.8 Å². The molecule has 0 aromatic rings. The molecule has 0 bridgehead atoms. The Morgan fingerprint density at radius 3 is 2.52 bits per heavy atom. The molecule has 2 N–H and O–H groups in total. The fourth-order valence-electron chi connectivity index (χ4n) is 2.38. The molecular weight excluding hydrogens is 401 g/mol. The highest BCUT2D eigenvalue weighted by Gasteiger charge is 2.27. The van der Waals surface area contributed by atoms with Gasteiger partial charge < -0.3 is 10.6 Å². The van der Waals surface area contributed by atoms with E-state index < -0.39 is 9.84 Å². The van der Waals surface area contributed by atoms with Crippen LogP contribution in [0.25, 0.3) is 0 Å². The average molecular weight is 431 g/mol. The van der Waals surface area contributed by atoms with Crippen molar-refractivity contribution in [2.75, 3.05) is 31.6 Å². The standard InChI is InChI=1S/C14H29N3O2S.HI/c1-12(2)6-4-5-8-16-14(15-3)17-10-13-7-9-20(18,19)11-13;/h12-13H,4-11H2,1-3H3,(H2,15,16,17);1H. The maximum Gasteiger partial charge on any atom is 0.190 e. The lowest BCUT2D eigenvalue weighted by molar-refractivity contribution is 0.532. The first-order chi connectivity index (χ1) is 9.43. The molecule has 5 nitrogen and oxygen atoms in total. The van der Waals surface area contributed by atoms with Gasteiger partial charge in [0.05, 0.1) is 11.5 Å². The Bertz CT molecular complexity index is 410. The van der Waals surface area contributed by atoms with Crippen LogP contribution in [0.2, 0.25) is 0 Å². The number of guanidine groups is 1. The number of unbranched alkanes of at least 4 members (excludes halogenated alkanes) is 1. The highest BCUT2D eigenvalue weighted by atomic mass is 127. The number of halogens is 1. The zero-order chi connectivity index (χ0) is 15.0. The van der Waals surface area contributed by atoms with Gasteiger partial charge in [-0.2, -0.15) is 0 Å². The first kappa shape index (κ1) is 20.9. The largest absolute Gasteiger partial charge is 0.356 e. The molecule has 126 valence electrons. The zero-order valence-electron chi connectivity index (χ0n) is 13.4. The SMILES string of the molecule is CN=C(NCCCCC(C)C)NCC1CCS(=O)(=O)C1.I. The molecule has 1 aliphatic rings. The van der Waals surface area contributed by atoms with E-state index in [4.69, 9.17) is 0 Å². The van der Waals surface area contributed by atoms with Gasteiger partial charge in [0, 0.05) is 20.1 Å². The first-order valence-corrected chi connectivity index (χ1v) is 9.40. The van der Waals surface area contributed by atoms with Gasteiger partial charge in [0.25, 0.3) is 0 Å². The van der Waals surface area contributed by atoms with Crippen LogP contribution in [0, 0.1) is 11.8 Å². The average Bonchev–Trinajstić information content (AvgIpc) is 2.72. The highest BCUT2D eigenvalue weighted by molar-refractivity contribution is 14.0. The van der Waals surface area contributed by atoms with Gasteiger partial charge in [-0.05, 0) is 24.7 Å². The summed E-state index contributed by atoms with van der Waals surface area (Å²) in [5, 5.41) is 6.50. The van der Waals surface area contributed by atoms with Crippen molar-refractivity contribution in [1.82, 2.24) is 10.6 Å². The third kappa shape index (κ3) is 9.55. The van der Waals surface area contributed by atoms with Gasteiger partial charge in [0.2, 0.25) is 0 Å². The van der Waals surface area contributed by atoms with Gasteiger partial charge in [-0.1, -0.05) is 26.7 Å². The summed E-state index contributed by atoms with van der Waals surface area (Å²) < 4.78 is 22.8. The molecule has 0 amide bonds. The Balaban J connectivity index is 0.00000400. The van der Waals surface area contributed by atoms with E-state index in [9.17, 15) is 8.42 Å². The maximum atomic E-state index is 11.4. The Labute approximate surface area is 146 Å². The first-order valence-electron chi connectivity index (χ1n) is 7.58. The van der Waals surface area contributed by atoms with Crippen molar-refractivity contribution in [2.45, 2.75) is 39.5 Å². The summed E-state index contributed by atoms with van der Waals surface area (Å²) in [5.74, 6) is 2.40. The van der Waals surface area contributed by atoms with E-state index >= 15 is 0 Å². The van der Waals surface area contributed by atoms with Crippen molar-refractivity contribution in [3.63, 3.8) is 0 Å². The van der Waals surface area contributed by atoms with Crippen LogP contribution in [0.3, 0.4) is 0 Å². The molecule has 1 atom stereocenters. The second-order valence-electron chi connectivity index (χ2n) is 6.04. The molecule has 0 aliphatic carbocycles. The fraction of sp³-hybridized carbons (Fsp3) is 0.929. The molecule has 1 heterocycles. The van der Waals surface area contributed by atoms with Crippen molar-refractivity contribution in [1.29, 1.82) is 0 Å². The molecule has 0 spiro atoms. The topological polar surface area (TPSA) is 70.6 Å². The Kier molecular flexibility index (Phi) is 10.6. The molecule has 1 fully saturated rings. The van der Waals surface area contributed by atoms with Crippen molar-refractivity contribution < 1.29 is 8.42 Å².